The molecule has 1 aliphatic heterocycles. The fraction of sp³-hybridized carbons (Fsp3) is 0.405. The number of amides is 2. The summed E-state index contributed by atoms with van der Waals surface area (Å²) >= 11 is 0. The number of ketones is 2. The van der Waals surface area contributed by atoms with Gasteiger partial charge in [-0.2, -0.15) is 13.2 Å². The van der Waals surface area contributed by atoms with Crippen molar-refractivity contribution in [3.8, 4) is 11.5 Å². The van der Waals surface area contributed by atoms with Crippen LogP contribution in [0.3, 0.4) is 0 Å². The number of carbonyl (C=O) groups excluding carboxylic acids is 4. The summed E-state index contributed by atoms with van der Waals surface area (Å²) < 4.78 is 50.7. The predicted molar refractivity (Wildman–Crippen MR) is 174 cm³/mol. The number of nitrogens with one attached hydrogen (secondary N) is 2. The van der Waals surface area contributed by atoms with Gasteiger partial charge in [0, 0.05) is 25.2 Å². The van der Waals surface area contributed by atoms with Gasteiger partial charge in [-0.05, 0) is 81.0 Å². The first-order chi connectivity index (χ1) is 22.6. The summed E-state index contributed by atoms with van der Waals surface area (Å²) in [5, 5.41) is 5.35. The van der Waals surface area contributed by atoms with Crippen molar-refractivity contribution in [3.63, 3.8) is 0 Å². The summed E-state index contributed by atoms with van der Waals surface area (Å²) in [6, 6.07) is 20.7. The number of rotatable bonds is 7. The topological polar surface area (TPSA) is 111 Å². The fourth-order valence-electron chi connectivity index (χ4n) is 5.45. The van der Waals surface area contributed by atoms with Crippen molar-refractivity contribution < 1.29 is 41.8 Å². The number of hydrogen-bond donors (Lipinski definition) is 2. The Morgan fingerprint density at radius 2 is 1.50 bits per heavy atom. The molecule has 4 bridgehead atoms. The molecule has 3 aromatic rings. The number of benzene rings is 3. The number of fused-ring (bicyclic) bond motifs is 4. The van der Waals surface area contributed by atoms with E-state index in [2.05, 4.69) is 10.6 Å². The van der Waals surface area contributed by atoms with Gasteiger partial charge in [-0.15, -0.1) is 0 Å². The molecule has 1 heterocycles. The summed E-state index contributed by atoms with van der Waals surface area (Å²) in [4.78, 5) is 53.9. The third-order valence-electron chi connectivity index (χ3n) is 7.79. The van der Waals surface area contributed by atoms with Crippen molar-refractivity contribution in [1.29, 1.82) is 0 Å². The van der Waals surface area contributed by atoms with Gasteiger partial charge in [0.2, 0.25) is 5.91 Å². The van der Waals surface area contributed by atoms with Crippen molar-refractivity contribution in [2.75, 3.05) is 0 Å². The average molecular weight is 667 g/mol. The van der Waals surface area contributed by atoms with Gasteiger partial charge in [0.1, 0.15) is 17.1 Å². The number of alkyl carbamates (subject to hydrolysis) is 1. The lowest BCUT2D eigenvalue weighted by Gasteiger charge is -2.26. The van der Waals surface area contributed by atoms with Gasteiger partial charge in [0.25, 0.3) is 0 Å². The van der Waals surface area contributed by atoms with Gasteiger partial charge < -0.3 is 20.1 Å². The molecule has 0 radical (unpaired) electrons. The number of ether oxygens (including phenoxy) is 2. The van der Waals surface area contributed by atoms with Gasteiger partial charge in [0.15, 0.2) is 11.6 Å². The van der Waals surface area contributed by atoms with Gasteiger partial charge in [-0.3, -0.25) is 14.4 Å². The molecule has 3 atom stereocenters. The highest BCUT2D eigenvalue weighted by atomic mass is 19.4. The molecule has 3 aromatic carbocycles. The zero-order valence-electron chi connectivity index (χ0n) is 27.3. The molecule has 0 unspecified atom stereocenters. The smallest absolute Gasteiger partial charge is 0.408 e. The largest absolute Gasteiger partial charge is 0.457 e. The first kappa shape index (κ1) is 36.2. The molecule has 2 amide bonds. The predicted octanol–water partition coefficient (Wildman–Crippen LogP) is 7.08. The molecule has 1 aliphatic rings. The lowest BCUT2D eigenvalue weighted by Crippen LogP contribution is -2.48. The van der Waals surface area contributed by atoms with E-state index in [-0.39, 0.29) is 25.7 Å². The zero-order valence-corrected chi connectivity index (χ0v) is 27.3. The monoisotopic (exact) mass is 666 g/mol. The summed E-state index contributed by atoms with van der Waals surface area (Å²) in [7, 11) is 0. The second-order valence-electron chi connectivity index (χ2n) is 13.0. The summed E-state index contributed by atoms with van der Waals surface area (Å²) in [6.07, 6.45) is -7.18. The van der Waals surface area contributed by atoms with Crippen LogP contribution in [0.15, 0.2) is 78.9 Å². The maximum Gasteiger partial charge on any atom is 0.408 e. The number of aryl methyl sites for hydroxylation is 1. The molecule has 0 aliphatic carbocycles. The van der Waals surface area contributed by atoms with E-state index in [1.807, 2.05) is 30.3 Å². The number of halogens is 3. The summed E-state index contributed by atoms with van der Waals surface area (Å²) in [5.74, 6) is -1.96. The Hall–Kier alpha value is -4.67. The zero-order chi connectivity index (χ0) is 34.9. The number of carbonyl (C=O) groups is 4. The van der Waals surface area contributed by atoms with E-state index in [1.54, 1.807) is 69.3 Å². The lowest BCUT2D eigenvalue weighted by molar-refractivity contribution is -0.144. The molecule has 2 N–H and O–H groups in total. The Labute approximate surface area is 278 Å². The molecule has 0 aromatic heterocycles. The standard InChI is InChI=1S/C37H41F3N2O6/c1-36(2,3)48-35(46)42-31-22-26-12-8-14-29(20-26)47-28-13-7-11-25(19-28)21-30(32(43)17-18-37(38,39)40)41-34(45)27(23-33(31)44)16-15-24-9-5-4-6-10-24/h4-14,19-20,27,30-31H,15-18,21-23H2,1-3H3,(H,41,45)(H,42,46)/t27-,30+,31+/m1/s1. The van der Waals surface area contributed by atoms with Crippen LogP contribution < -0.4 is 15.4 Å². The third-order valence-corrected chi connectivity index (χ3v) is 7.79. The first-order valence-electron chi connectivity index (χ1n) is 16.0. The molecule has 0 saturated heterocycles. The Morgan fingerprint density at radius 1 is 0.875 bits per heavy atom. The molecule has 0 spiro atoms. The summed E-state index contributed by atoms with van der Waals surface area (Å²) in [6.45, 7) is 5.08. The molecular formula is C37H41F3N2O6. The van der Waals surface area contributed by atoms with Crippen molar-refractivity contribution >= 4 is 23.6 Å². The average Bonchev–Trinajstić information content (AvgIpc) is 3.00. The minimum atomic E-state index is -4.55. The SMILES string of the molecule is CC(C)(C)OC(=O)N[C@H]1Cc2cccc(c2)Oc2cccc(c2)C[C@@H](C(=O)CCC(F)(F)F)NC(=O)[C@H](CCc2ccccc2)CC1=O. The van der Waals surface area contributed by atoms with Crippen LogP contribution in [-0.2, 0) is 38.4 Å². The molecular weight excluding hydrogens is 625 g/mol. The minimum absolute atomic E-state index is 0.0703. The highest BCUT2D eigenvalue weighted by molar-refractivity contribution is 5.94. The fourth-order valence-corrected chi connectivity index (χ4v) is 5.45. The van der Waals surface area contributed by atoms with E-state index in [0.717, 1.165) is 5.56 Å². The third kappa shape index (κ3) is 11.8. The first-order valence-corrected chi connectivity index (χ1v) is 16.0. The Morgan fingerprint density at radius 3 is 2.10 bits per heavy atom. The molecule has 4 rings (SSSR count). The molecule has 11 heteroatoms. The van der Waals surface area contributed by atoms with E-state index < -0.39 is 66.2 Å². The molecule has 0 fully saturated rings. The van der Waals surface area contributed by atoms with Crippen LogP contribution in [0.25, 0.3) is 0 Å². The number of alkyl halides is 3. The van der Waals surface area contributed by atoms with Crippen LogP contribution in [0.5, 0.6) is 11.5 Å². The van der Waals surface area contributed by atoms with E-state index in [0.29, 0.717) is 29.0 Å². The summed E-state index contributed by atoms with van der Waals surface area (Å²) in [5.41, 5.74) is 1.34. The van der Waals surface area contributed by atoms with Crippen LogP contribution in [0.2, 0.25) is 0 Å². The van der Waals surface area contributed by atoms with Gasteiger partial charge in [-0.25, -0.2) is 4.79 Å². The molecule has 0 saturated carbocycles. The van der Waals surface area contributed by atoms with Gasteiger partial charge >= 0.3 is 12.3 Å². The second kappa shape index (κ2) is 16.0. The Bertz CT molecular complexity index is 1580. The van der Waals surface area contributed by atoms with E-state index in [1.165, 1.54) is 0 Å². The highest BCUT2D eigenvalue weighted by Crippen LogP contribution is 2.27. The maximum atomic E-state index is 14.0. The Kier molecular flexibility index (Phi) is 12.0. The highest BCUT2D eigenvalue weighted by Gasteiger charge is 2.34. The van der Waals surface area contributed by atoms with Crippen molar-refractivity contribution in [1.82, 2.24) is 10.6 Å². The second-order valence-corrected chi connectivity index (χ2v) is 13.0. The molecule has 256 valence electrons. The van der Waals surface area contributed by atoms with Crippen molar-refractivity contribution in [3.05, 3.63) is 95.6 Å². The van der Waals surface area contributed by atoms with Crippen LogP contribution >= 0.6 is 0 Å². The van der Waals surface area contributed by atoms with Crippen molar-refractivity contribution in [2.24, 2.45) is 5.92 Å². The van der Waals surface area contributed by atoms with Crippen LogP contribution in [-0.4, -0.2) is 47.4 Å². The van der Waals surface area contributed by atoms with E-state index >= 15 is 0 Å². The normalized spacial score (nSPS) is 19.1. The van der Waals surface area contributed by atoms with Crippen LogP contribution in [0.4, 0.5) is 18.0 Å². The Balaban J connectivity index is 1.72. The number of hydrogen-bond acceptors (Lipinski definition) is 6. The van der Waals surface area contributed by atoms with Crippen molar-refractivity contribution in [2.45, 2.75) is 89.6 Å². The van der Waals surface area contributed by atoms with Gasteiger partial charge in [-0.1, -0.05) is 54.6 Å². The van der Waals surface area contributed by atoms with Gasteiger partial charge in [0.05, 0.1) is 18.5 Å². The number of Topliss-reactive ketones (excluding diaryl/α,β-unsaturated/α-hetero) is 2. The lowest BCUT2D eigenvalue weighted by atomic mass is 9.89. The minimum Gasteiger partial charge on any atom is -0.457 e. The molecule has 48 heavy (non-hydrogen) atoms. The van der Waals surface area contributed by atoms with Crippen LogP contribution in [0, 0.1) is 5.92 Å². The quantitative estimate of drug-likeness (QED) is 0.279. The van der Waals surface area contributed by atoms with E-state index in [9.17, 15) is 32.3 Å². The molecule has 8 nitrogen and oxygen atoms in total. The maximum absolute atomic E-state index is 14.0. The van der Waals surface area contributed by atoms with Crippen LogP contribution in [0.1, 0.15) is 63.1 Å². The van der Waals surface area contributed by atoms with E-state index in [4.69, 9.17) is 9.47 Å².